The minimum atomic E-state index is -0.406. The van der Waals surface area contributed by atoms with Gasteiger partial charge in [-0.25, -0.2) is 4.79 Å². The molecule has 0 fully saturated rings. The summed E-state index contributed by atoms with van der Waals surface area (Å²) in [5.74, 6) is -0.406. The van der Waals surface area contributed by atoms with Gasteiger partial charge in [0.1, 0.15) is 6.61 Å². The molecule has 0 heterocycles. The van der Waals surface area contributed by atoms with Crippen LogP contribution in [0.5, 0.6) is 0 Å². The number of unbranched alkanes of at least 4 members (excludes halogenated alkanes) is 4. The van der Waals surface area contributed by atoms with Gasteiger partial charge in [-0.3, -0.25) is 0 Å². The Morgan fingerprint density at radius 1 is 1.12 bits per heavy atom. The third-order valence-electron chi connectivity index (χ3n) is 2.21. The molecule has 0 rings (SSSR count). The lowest BCUT2D eigenvalue weighted by atomic mass is 10.2. The van der Waals surface area contributed by atoms with E-state index in [1.165, 1.54) is 31.8 Å². The van der Waals surface area contributed by atoms with Gasteiger partial charge in [0.2, 0.25) is 0 Å². The lowest BCUT2D eigenvalue weighted by molar-refractivity contribution is -0.139. The fourth-order valence-corrected chi connectivity index (χ4v) is 1.34. The Morgan fingerprint density at radius 2 is 1.82 bits per heavy atom. The van der Waals surface area contributed by atoms with E-state index in [9.17, 15) is 4.79 Å². The molecular formula is C13H25NO3. The quantitative estimate of drug-likeness (QED) is 0.363. The topological polar surface area (TPSA) is 61.5 Å². The molecule has 0 radical (unpaired) electrons. The second-order valence-corrected chi connectivity index (χ2v) is 4.08. The molecule has 0 amide bonds. The molecular weight excluding hydrogens is 218 g/mol. The van der Waals surface area contributed by atoms with Crippen molar-refractivity contribution in [1.29, 1.82) is 0 Å². The van der Waals surface area contributed by atoms with E-state index in [4.69, 9.17) is 15.2 Å². The zero-order chi connectivity index (χ0) is 12.9. The molecule has 2 N–H and O–H groups in total. The van der Waals surface area contributed by atoms with Crippen LogP contribution in [-0.4, -0.2) is 25.8 Å². The third-order valence-corrected chi connectivity index (χ3v) is 2.21. The summed E-state index contributed by atoms with van der Waals surface area (Å²) in [6.07, 6.45) is 7.38. The van der Waals surface area contributed by atoms with Crippen molar-refractivity contribution in [3.8, 4) is 0 Å². The van der Waals surface area contributed by atoms with Crippen LogP contribution in [0.3, 0.4) is 0 Å². The Hall–Kier alpha value is -1.03. The fourth-order valence-electron chi connectivity index (χ4n) is 1.34. The van der Waals surface area contributed by atoms with E-state index < -0.39 is 5.97 Å². The van der Waals surface area contributed by atoms with E-state index >= 15 is 0 Å². The second kappa shape index (κ2) is 11.5. The predicted octanol–water partition coefficient (Wildman–Crippen LogP) is 2.38. The highest BCUT2D eigenvalue weighted by molar-refractivity contribution is 5.82. The maximum Gasteiger partial charge on any atom is 0.332 e. The van der Waals surface area contributed by atoms with Gasteiger partial charge in [0.05, 0.1) is 6.61 Å². The molecule has 0 atom stereocenters. The molecule has 0 aliphatic heterocycles. The molecule has 4 heteroatoms. The number of hydrogen-bond acceptors (Lipinski definition) is 4. The monoisotopic (exact) mass is 243 g/mol. The van der Waals surface area contributed by atoms with Crippen LogP contribution in [0.15, 0.2) is 11.8 Å². The van der Waals surface area contributed by atoms with Crippen LogP contribution >= 0.6 is 0 Å². The Kier molecular flexibility index (Phi) is 10.8. The molecule has 17 heavy (non-hydrogen) atoms. The van der Waals surface area contributed by atoms with Crippen LogP contribution in [0.2, 0.25) is 0 Å². The van der Waals surface area contributed by atoms with Crippen LogP contribution in [0.25, 0.3) is 0 Å². The van der Waals surface area contributed by atoms with Crippen molar-refractivity contribution in [3.63, 3.8) is 0 Å². The van der Waals surface area contributed by atoms with Gasteiger partial charge in [-0.05, 0) is 13.3 Å². The van der Waals surface area contributed by atoms with Crippen molar-refractivity contribution in [3.05, 3.63) is 11.8 Å². The summed E-state index contributed by atoms with van der Waals surface area (Å²) in [6, 6.07) is 0. The minimum Gasteiger partial charge on any atom is -0.460 e. The molecule has 0 unspecified atom stereocenters. The van der Waals surface area contributed by atoms with Crippen LogP contribution in [0.1, 0.15) is 46.0 Å². The van der Waals surface area contributed by atoms with Gasteiger partial charge in [0.25, 0.3) is 0 Å². The maximum atomic E-state index is 11.0. The average molecular weight is 243 g/mol. The van der Waals surface area contributed by atoms with Crippen LogP contribution in [0, 0.1) is 0 Å². The van der Waals surface area contributed by atoms with E-state index in [1.807, 2.05) is 0 Å². The van der Waals surface area contributed by atoms with Crippen LogP contribution in [-0.2, 0) is 14.3 Å². The van der Waals surface area contributed by atoms with Crippen molar-refractivity contribution in [1.82, 2.24) is 0 Å². The summed E-state index contributed by atoms with van der Waals surface area (Å²) in [7, 11) is 0. The number of hydrogen-bond donors (Lipinski definition) is 1. The third kappa shape index (κ3) is 12.9. The number of ether oxygens (including phenoxy) is 2. The van der Waals surface area contributed by atoms with Crippen LogP contribution < -0.4 is 5.73 Å². The first-order chi connectivity index (χ1) is 8.16. The number of carbonyl (C=O) groups excluding carboxylic acids is 1. The zero-order valence-electron chi connectivity index (χ0n) is 11.0. The molecule has 0 aliphatic carbocycles. The van der Waals surface area contributed by atoms with Crippen LogP contribution in [0.4, 0.5) is 0 Å². The van der Waals surface area contributed by atoms with Crippen molar-refractivity contribution in [2.75, 3.05) is 19.8 Å². The number of esters is 1. The Labute approximate surface area is 104 Å². The molecule has 0 aromatic heterocycles. The van der Waals surface area contributed by atoms with Crippen molar-refractivity contribution in [2.45, 2.75) is 46.0 Å². The molecule has 0 bridgehead atoms. The highest BCUT2D eigenvalue weighted by Crippen LogP contribution is 2.02. The Balaban J connectivity index is 3.18. The summed E-state index contributed by atoms with van der Waals surface area (Å²) < 4.78 is 10.2. The maximum absolute atomic E-state index is 11.0. The molecule has 0 saturated heterocycles. The minimum absolute atomic E-state index is 0.289. The Morgan fingerprint density at radius 3 is 2.47 bits per heavy atom. The lowest BCUT2D eigenvalue weighted by Crippen LogP contribution is -2.10. The average Bonchev–Trinajstić information content (AvgIpc) is 2.26. The molecule has 0 aromatic rings. The normalized spacial score (nSPS) is 11.5. The first-order valence-corrected chi connectivity index (χ1v) is 6.35. The summed E-state index contributed by atoms with van der Waals surface area (Å²) in [5.41, 5.74) is 5.78. The van der Waals surface area contributed by atoms with Gasteiger partial charge in [-0.15, -0.1) is 0 Å². The molecule has 0 aromatic carbocycles. The van der Waals surface area contributed by atoms with E-state index in [0.717, 1.165) is 13.0 Å². The number of rotatable bonds is 10. The molecule has 4 nitrogen and oxygen atoms in total. The number of allylic oxidation sites excluding steroid dienone is 1. The Bertz CT molecular complexity index is 223. The first kappa shape index (κ1) is 16.0. The lowest BCUT2D eigenvalue weighted by Gasteiger charge is -2.04. The number of carbonyl (C=O) groups is 1. The largest absolute Gasteiger partial charge is 0.460 e. The van der Waals surface area contributed by atoms with E-state index in [-0.39, 0.29) is 6.61 Å². The molecule has 100 valence electrons. The highest BCUT2D eigenvalue weighted by Gasteiger charge is 1.97. The van der Waals surface area contributed by atoms with Gasteiger partial charge in [-0.1, -0.05) is 32.6 Å². The molecule has 0 saturated carbocycles. The van der Waals surface area contributed by atoms with Gasteiger partial charge < -0.3 is 15.2 Å². The number of nitrogens with two attached hydrogens (primary N) is 1. The predicted molar refractivity (Wildman–Crippen MR) is 68.5 cm³/mol. The highest BCUT2D eigenvalue weighted by atomic mass is 16.6. The summed E-state index contributed by atoms with van der Waals surface area (Å²) in [4.78, 5) is 11.0. The second-order valence-electron chi connectivity index (χ2n) is 4.08. The summed E-state index contributed by atoms with van der Waals surface area (Å²) in [6.45, 7) is 5.33. The smallest absolute Gasteiger partial charge is 0.332 e. The van der Waals surface area contributed by atoms with Crippen molar-refractivity contribution < 1.29 is 14.3 Å². The SMILES string of the molecule is CCCCCCCOCCOC(=O)/C=C(/C)N. The first-order valence-electron chi connectivity index (χ1n) is 6.35. The van der Waals surface area contributed by atoms with Crippen molar-refractivity contribution >= 4 is 5.97 Å². The summed E-state index contributed by atoms with van der Waals surface area (Å²) in [5, 5.41) is 0. The van der Waals surface area contributed by atoms with Gasteiger partial charge in [0, 0.05) is 18.4 Å². The van der Waals surface area contributed by atoms with E-state index in [2.05, 4.69) is 6.92 Å². The molecule has 0 spiro atoms. The fraction of sp³-hybridized carbons (Fsp3) is 0.769. The van der Waals surface area contributed by atoms with Gasteiger partial charge in [-0.2, -0.15) is 0 Å². The molecule has 0 aliphatic rings. The standard InChI is InChI=1S/C13H25NO3/c1-3-4-5-6-7-8-16-9-10-17-13(15)11-12(2)14/h11H,3-10,14H2,1-2H3/b12-11-. The summed E-state index contributed by atoms with van der Waals surface area (Å²) >= 11 is 0. The zero-order valence-corrected chi connectivity index (χ0v) is 11.0. The van der Waals surface area contributed by atoms with E-state index in [0.29, 0.717) is 12.3 Å². The van der Waals surface area contributed by atoms with Crippen molar-refractivity contribution in [2.24, 2.45) is 5.73 Å². The van der Waals surface area contributed by atoms with Gasteiger partial charge >= 0.3 is 5.97 Å². The van der Waals surface area contributed by atoms with Gasteiger partial charge in [0.15, 0.2) is 0 Å². The van der Waals surface area contributed by atoms with E-state index in [1.54, 1.807) is 6.92 Å².